The molecule has 2 amide bonds. The molecule has 10 nitrogen and oxygen atoms in total. The fraction of sp³-hybridized carbons (Fsp3) is 0.615. The second-order valence-electron chi connectivity index (χ2n) is 11.5. The van der Waals surface area contributed by atoms with E-state index in [1.807, 2.05) is 0 Å². The first-order valence-corrected chi connectivity index (χ1v) is 13.3. The molecule has 1 saturated carbocycles. The molecule has 1 aromatic heterocycles. The summed E-state index contributed by atoms with van der Waals surface area (Å²) in [5, 5.41) is 10.9. The Morgan fingerprint density at radius 1 is 1.20 bits per heavy atom. The number of aromatic nitrogens is 2. The van der Waals surface area contributed by atoms with Gasteiger partial charge in [-0.1, -0.05) is 11.6 Å². The van der Waals surface area contributed by atoms with E-state index in [1.165, 1.54) is 17.0 Å². The van der Waals surface area contributed by atoms with Gasteiger partial charge in [0.15, 0.2) is 6.61 Å². The van der Waals surface area contributed by atoms with Crippen LogP contribution in [0.3, 0.4) is 0 Å². The van der Waals surface area contributed by atoms with Crippen molar-refractivity contribution in [2.75, 3.05) is 13.2 Å². The molecule has 0 bridgehead atoms. The van der Waals surface area contributed by atoms with Gasteiger partial charge in [-0.15, -0.1) is 23.4 Å². The zero-order valence-electron chi connectivity index (χ0n) is 22.9. The number of hydrogen-bond acceptors (Lipinski definition) is 8. The number of rotatable bonds is 7. The van der Waals surface area contributed by atoms with E-state index in [0.29, 0.717) is 12.8 Å². The number of carbonyl (C=O) groups is 2. The van der Waals surface area contributed by atoms with E-state index < -0.39 is 54.1 Å². The topological polar surface area (TPSA) is 116 Å². The van der Waals surface area contributed by atoms with Crippen LogP contribution in [0.2, 0.25) is 5.02 Å². The van der Waals surface area contributed by atoms with Gasteiger partial charge >= 0.3 is 12.5 Å². The lowest BCUT2D eigenvalue weighted by molar-refractivity contribution is -0.352. The molecule has 226 valence electrons. The summed E-state index contributed by atoms with van der Waals surface area (Å²) in [7, 11) is 0. The Morgan fingerprint density at radius 2 is 1.88 bits per heavy atom. The summed E-state index contributed by atoms with van der Waals surface area (Å²) in [6, 6.07) is 3.13. The molecule has 2 aromatic rings. The fourth-order valence-corrected chi connectivity index (χ4v) is 4.85. The van der Waals surface area contributed by atoms with Gasteiger partial charge in [-0.05, 0) is 65.5 Å². The van der Waals surface area contributed by atoms with Crippen LogP contribution < -0.4 is 10.1 Å². The van der Waals surface area contributed by atoms with Crippen molar-refractivity contribution < 1.29 is 45.8 Å². The second kappa shape index (κ2) is 11.6. The SMILES string of the molecule is CC(C)(C)OC(=O)N1C[C@](C)(NC(=O)COc2ccc(Cl)c(F)c2)CC[C@@H]1c1nnc(C2CC(OC(F)(F)F)C2)o1. The number of nitrogens with zero attached hydrogens (tertiary/aromatic N) is 3. The van der Waals surface area contributed by atoms with Crippen molar-refractivity contribution in [3.05, 3.63) is 40.8 Å². The Kier molecular flexibility index (Phi) is 8.74. The Labute approximate surface area is 238 Å². The van der Waals surface area contributed by atoms with Crippen molar-refractivity contribution >= 4 is 23.6 Å². The van der Waals surface area contributed by atoms with Crippen LogP contribution in [-0.4, -0.2) is 63.9 Å². The highest BCUT2D eigenvalue weighted by Gasteiger charge is 2.46. The molecule has 0 spiro atoms. The molecule has 1 saturated heterocycles. The van der Waals surface area contributed by atoms with E-state index in [2.05, 4.69) is 20.3 Å². The summed E-state index contributed by atoms with van der Waals surface area (Å²) in [5.41, 5.74) is -1.71. The Morgan fingerprint density at radius 3 is 2.51 bits per heavy atom. The molecule has 2 fully saturated rings. The molecular formula is C26H31ClF4N4O6. The molecule has 0 unspecified atom stereocenters. The van der Waals surface area contributed by atoms with Gasteiger partial charge in [0, 0.05) is 18.5 Å². The lowest BCUT2D eigenvalue weighted by atomic mass is 9.82. The van der Waals surface area contributed by atoms with Gasteiger partial charge in [0.25, 0.3) is 5.91 Å². The summed E-state index contributed by atoms with van der Waals surface area (Å²) in [5.74, 6) is -1.15. The highest BCUT2D eigenvalue weighted by molar-refractivity contribution is 6.30. The molecule has 1 aliphatic heterocycles. The van der Waals surface area contributed by atoms with Crippen LogP contribution in [0.15, 0.2) is 22.6 Å². The van der Waals surface area contributed by atoms with E-state index in [0.717, 1.165) is 6.07 Å². The Balaban J connectivity index is 1.42. The first-order valence-electron chi connectivity index (χ1n) is 13.0. The normalized spacial score (nSPS) is 24.9. The number of nitrogens with one attached hydrogen (secondary N) is 1. The molecule has 1 aliphatic carbocycles. The highest BCUT2D eigenvalue weighted by Crippen LogP contribution is 2.42. The van der Waals surface area contributed by atoms with E-state index in [1.54, 1.807) is 27.7 Å². The van der Waals surface area contributed by atoms with Crippen molar-refractivity contribution in [2.24, 2.45) is 0 Å². The largest absolute Gasteiger partial charge is 0.522 e. The zero-order chi connectivity index (χ0) is 30.2. The second-order valence-corrected chi connectivity index (χ2v) is 11.9. The fourth-order valence-electron chi connectivity index (χ4n) is 4.73. The lowest BCUT2D eigenvalue weighted by Crippen LogP contribution is -2.59. The van der Waals surface area contributed by atoms with Gasteiger partial charge in [0.05, 0.1) is 16.7 Å². The van der Waals surface area contributed by atoms with Gasteiger partial charge in [-0.3, -0.25) is 14.4 Å². The van der Waals surface area contributed by atoms with E-state index in [-0.39, 0.29) is 47.9 Å². The average molecular weight is 607 g/mol. The third-order valence-electron chi connectivity index (χ3n) is 6.68. The summed E-state index contributed by atoms with van der Waals surface area (Å²) in [6.45, 7) is 6.51. The van der Waals surface area contributed by atoms with Crippen LogP contribution in [0.5, 0.6) is 5.75 Å². The maximum Gasteiger partial charge on any atom is 0.522 e. The predicted octanol–water partition coefficient (Wildman–Crippen LogP) is 5.67. The minimum atomic E-state index is -4.71. The molecule has 1 aromatic carbocycles. The van der Waals surface area contributed by atoms with Crippen molar-refractivity contribution in [3.63, 3.8) is 0 Å². The summed E-state index contributed by atoms with van der Waals surface area (Å²) < 4.78 is 71.8. The molecule has 1 N–H and O–H groups in total. The quantitative estimate of drug-likeness (QED) is 0.401. The van der Waals surface area contributed by atoms with E-state index >= 15 is 0 Å². The molecule has 15 heteroatoms. The van der Waals surface area contributed by atoms with E-state index in [4.69, 9.17) is 25.5 Å². The van der Waals surface area contributed by atoms with E-state index in [9.17, 15) is 27.2 Å². The van der Waals surface area contributed by atoms with Crippen molar-refractivity contribution in [1.82, 2.24) is 20.4 Å². The first kappa shape index (κ1) is 30.8. The highest BCUT2D eigenvalue weighted by atomic mass is 35.5. The first-order chi connectivity index (χ1) is 19.0. The summed E-state index contributed by atoms with van der Waals surface area (Å²) in [4.78, 5) is 27.3. The van der Waals surface area contributed by atoms with Crippen molar-refractivity contribution in [1.29, 1.82) is 0 Å². The number of amides is 2. The lowest BCUT2D eigenvalue weighted by Gasteiger charge is -2.44. The van der Waals surface area contributed by atoms with Gasteiger partial charge < -0.3 is 19.2 Å². The minimum Gasteiger partial charge on any atom is -0.484 e. The van der Waals surface area contributed by atoms with Crippen LogP contribution in [-0.2, 0) is 14.3 Å². The number of hydrogen-bond donors (Lipinski definition) is 1. The van der Waals surface area contributed by atoms with Gasteiger partial charge in [0.2, 0.25) is 11.8 Å². The van der Waals surface area contributed by atoms with Gasteiger partial charge in [-0.2, -0.15) is 0 Å². The molecule has 2 heterocycles. The van der Waals surface area contributed by atoms with Gasteiger partial charge in [-0.25, -0.2) is 9.18 Å². The molecular weight excluding hydrogens is 576 g/mol. The Hall–Kier alpha value is -3.13. The third-order valence-corrected chi connectivity index (χ3v) is 6.99. The Bertz CT molecular complexity index is 1260. The number of ether oxygens (including phenoxy) is 3. The zero-order valence-corrected chi connectivity index (χ0v) is 23.6. The van der Waals surface area contributed by atoms with Crippen LogP contribution in [0, 0.1) is 5.82 Å². The number of carbonyl (C=O) groups excluding carboxylic acids is 2. The van der Waals surface area contributed by atoms with Gasteiger partial charge in [0.1, 0.15) is 23.2 Å². The standard InChI is InChI=1S/C26H31ClF4N4O6/c1-24(2,3)41-23(37)35-13-25(4,32-20(36)12-38-15-5-6-17(27)18(28)11-15)8-7-19(35)22-34-33-21(39-22)14-9-16(10-14)40-26(29,30)31/h5-6,11,14,16,19H,7-10,12-13H2,1-4H3,(H,32,36)/t14?,16?,19-,25-/m1/s1. The smallest absolute Gasteiger partial charge is 0.484 e. The minimum absolute atomic E-state index is 0.0243. The maximum absolute atomic E-state index is 13.7. The predicted molar refractivity (Wildman–Crippen MR) is 136 cm³/mol. The molecule has 0 radical (unpaired) electrons. The number of benzene rings is 1. The number of halogens is 5. The molecule has 2 atom stereocenters. The van der Waals surface area contributed by atoms with Crippen LogP contribution in [0.4, 0.5) is 22.4 Å². The molecule has 4 rings (SSSR count). The third kappa shape index (κ3) is 8.22. The van der Waals surface area contributed by atoms with Crippen LogP contribution in [0.1, 0.15) is 77.1 Å². The summed E-state index contributed by atoms with van der Waals surface area (Å²) >= 11 is 5.67. The maximum atomic E-state index is 13.7. The molecule has 41 heavy (non-hydrogen) atoms. The number of piperidine rings is 1. The average Bonchev–Trinajstić information content (AvgIpc) is 3.29. The van der Waals surface area contributed by atoms with Crippen molar-refractivity contribution in [3.8, 4) is 5.75 Å². The monoisotopic (exact) mass is 606 g/mol. The van der Waals surface area contributed by atoms with Crippen molar-refractivity contribution in [2.45, 2.75) is 88.9 Å². The number of alkyl halides is 3. The van der Waals surface area contributed by atoms with Crippen LogP contribution in [0.25, 0.3) is 0 Å². The number of likely N-dealkylation sites (tertiary alicyclic amines) is 1. The molecule has 2 aliphatic rings. The van der Waals surface area contributed by atoms with Crippen LogP contribution >= 0.6 is 11.6 Å². The summed E-state index contributed by atoms with van der Waals surface area (Å²) in [6.07, 6.45) is -5.49.